The van der Waals surface area contributed by atoms with Gasteiger partial charge in [-0.15, -0.1) is 10.2 Å². The second-order valence-electron chi connectivity index (χ2n) is 8.50. The molecule has 8 nitrogen and oxygen atoms in total. The van der Waals surface area contributed by atoms with Crippen LogP contribution >= 0.6 is 0 Å². The maximum Gasteiger partial charge on any atom is 0.177 e. The largest absolute Gasteiger partial charge is 0.299 e. The van der Waals surface area contributed by atoms with Crippen LogP contribution < -0.4 is 0 Å². The average molecular weight is 425 g/mol. The van der Waals surface area contributed by atoms with E-state index in [1.807, 2.05) is 36.0 Å². The van der Waals surface area contributed by atoms with E-state index in [1.165, 1.54) is 0 Å². The van der Waals surface area contributed by atoms with Crippen LogP contribution in [0.1, 0.15) is 30.0 Å². The smallest absolute Gasteiger partial charge is 0.177 e. The van der Waals surface area contributed by atoms with E-state index in [9.17, 15) is 0 Å². The Hall–Kier alpha value is -3.65. The molecule has 1 aliphatic rings. The van der Waals surface area contributed by atoms with Crippen LogP contribution in [0.3, 0.4) is 0 Å². The highest BCUT2D eigenvalue weighted by atomic mass is 15.4. The summed E-state index contributed by atoms with van der Waals surface area (Å²) in [5.41, 5.74) is 6.01. The highest BCUT2D eigenvalue weighted by Crippen LogP contribution is 2.26. The minimum Gasteiger partial charge on any atom is -0.299 e. The number of benzene rings is 1. The number of aryl methyl sites for hydroxylation is 1. The molecular formula is C24H24N8. The Morgan fingerprint density at radius 2 is 1.91 bits per heavy atom. The first-order chi connectivity index (χ1) is 15.7. The molecule has 0 unspecified atom stereocenters. The van der Waals surface area contributed by atoms with E-state index in [-0.39, 0.29) is 0 Å². The van der Waals surface area contributed by atoms with Crippen molar-refractivity contribution in [2.45, 2.75) is 26.3 Å². The molecule has 160 valence electrons. The van der Waals surface area contributed by atoms with E-state index >= 15 is 0 Å². The molecule has 8 heteroatoms. The predicted molar refractivity (Wildman–Crippen MR) is 122 cm³/mol. The van der Waals surface area contributed by atoms with Gasteiger partial charge in [-0.05, 0) is 49.4 Å². The molecule has 1 saturated heterocycles. The monoisotopic (exact) mass is 424 g/mol. The molecule has 6 rings (SSSR count). The van der Waals surface area contributed by atoms with Crippen molar-refractivity contribution in [2.24, 2.45) is 0 Å². The molecule has 0 spiro atoms. The lowest BCUT2D eigenvalue weighted by Gasteiger charge is -2.38. The van der Waals surface area contributed by atoms with Crippen LogP contribution in [0.2, 0.25) is 0 Å². The van der Waals surface area contributed by atoms with Crippen molar-refractivity contribution in [3.05, 3.63) is 72.1 Å². The van der Waals surface area contributed by atoms with Gasteiger partial charge in [0, 0.05) is 48.4 Å². The summed E-state index contributed by atoms with van der Waals surface area (Å²) in [6.45, 7) is 7.41. The molecule has 0 bridgehead atoms. The Labute approximate surface area is 185 Å². The fourth-order valence-corrected chi connectivity index (χ4v) is 4.32. The Kier molecular flexibility index (Phi) is 4.46. The van der Waals surface area contributed by atoms with E-state index in [2.05, 4.69) is 72.3 Å². The number of fused-ring (bicyclic) bond motifs is 2. The van der Waals surface area contributed by atoms with E-state index < -0.39 is 0 Å². The summed E-state index contributed by atoms with van der Waals surface area (Å²) < 4.78 is 3.91. The Balaban J connectivity index is 1.28. The van der Waals surface area contributed by atoms with Crippen LogP contribution in [-0.2, 0) is 6.42 Å². The first kappa shape index (κ1) is 19.1. The van der Waals surface area contributed by atoms with Crippen LogP contribution in [0.4, 0.5) is 0 Å². The normalized spacial score (nSPS) is 14.9. The van der Waals surface area contributed by atoms with Crippen molar-refractivity contribution in [3.63, 3.8) is 0 Å². The van der Waals surface area contributed by atoms with Crippen LogP contribution in [0.5, 0.6) is 0 Å². The number of nitrogens with zero attached hydrogens (tertiary/aromatic N) is 8. The van der Waals surface area contributed by atoms with Gasteiger partial charge in [0.15, 0.2) is 11.5 Å². The van der Waals surface area contributed by atoms with Crippen LogP contribution in [0.15, 0.2) is 55.0 Å². The van der Waals surface area contributed by atoms with Crippen LogP contribution in [0, 0.1) is 6.92 Å². The fourth-order valence-electron chi connectivity index (χ4n) is 4.32. The lowest BCUT2D eigenvalue weighted by atomic mass is 10.0. The Morgan fingerprint density at radius 1 is 1.00 bits per heavy atom. The third kappa shape index (κ3) is 3.33. The van der Waals surface area contributed by atoms with Gasteiger partial charge in [-0.25, -0.2) is 0 Å². The molecule has 32 heavy (non-hydrogen) atoms. The molecule has 1 aromatic carbocycles. The predicted octanol–water partition coefficient (Wildman–Crippen LogP) is 3.31. The summed E-state index contributed by atoms with van der Waals surface area (Å²) in [4.78, 5) is 7.10. The summed E-state index contributed by atoms with van der Waals surface area (Å²) in [6.07, 6.45) is 6.67. The molecule has 4 aromatic heterocycles. The third-order valence-electron chi connectivity index (χ3n) is 6.26. The molecular weight excluding hydrogens is 400 g/mol. The van der Waals surface area contributed by atoms with Gasteiger partial charge in [0.1, 0.15) is 0 Å². The van der Waals surface area contributed by atoms with Gasteiger partial charge in [-0.3, -0.25) is 14.6 Å². The van der Waals surface area contributed by atoms with Gasteiger partial charge in [0.25, 0.3) is 0 Å². The first-order valence-corrected chi connectivity index (χ1v) is 11.0. The second-order valence-corrected chi connectivity index (χ2v) is 8.50. The SMILES string of the molecule is CCN1CC(n2cc(-c3cnc4ccc(Cc5nnc6ccc(C)nn56)cc4c3)cn2)C1. The number of hydrogen-bond donors (Lipinski definition) is 0. The van der Waals surface area contributed by atoms with Gasteiger partial charge in [0.05, 0.1) is 23.4 Å². The van der Waals surface area contributed by atoms with E-state index in [0.717, 1.165) is 64.4 Å². The minimum atomic E-state index is 0.471. The number of likely N-dealkylation sites (N-methyl/N-ethyl adjacent to an activating group) is 1. The summed E-state index contributed by atoms with van der Waals surface area (Å²) in [6, 6.07) is 12.9. The molecule has 0 saturated carbocycles. The van der Waals surface area contributed by atoms with E-state index in [0.29, 0.717) is 12.5 Å². The summed E-state index contributed by atoms with van der Waals surface area (Å²) in [5, 5.41) is 18.8. The Bertz CT molecular complexity index is 1430. The number of aromatic nitrogens is 7. The second kappa shape index (κ2) is 7.49. The third-order valence-corrected chi connectivity index (χ3v) is 6.26. The van der Waals surface area contributed by atoms with Gasteiger partial charge in [0.2, 0.25) is 0 Å². The van der Waals surface area contributed by atoms with Gasteiger partial charge < -0.3 is 0 Å². The maximum atomic E-state index is 4.68. The number of rotatable bonds is 5. The molecule has 5 aromatic rings. The molecule has 5 heterocycles. The van der Waals surface area contributed by atoms with Crippen molar-refractivity contribution >= 4 is 16.6 Å². The molecule has 0 aliphatic carbocycles. The number of likely N-dealkylation sites (tertiary alicyclic amines) is 1. The zero-order valence-corrected chi connectivity index (χ0v) is 18.2. The topological polar surface area (TPSA) is 77.0 Å². The molecule has 0 N–H and O–H groups in total. The molecule has 0 atom stereocenters. The molecule has 1 fully saturated rings. The summed E-state index contributed by atoms with van der Waals surface area (Å²) in [5.74, 6) is 0.829. The number of hydrogen-bond acceptors (Lipinski definition) is 6. The summed E-state index contributed by atoms with van der Waals surface area (Å²) in [7, 11) is 0. The van der Waals surface area contributed by atoms with Crippen molar-refractivity contribution in [1.82, 2.24) is 39.5 Å². The minimum absolute atomic E-state index is 0.471. The maximum absolute atomic E-state index is 4.68. The number of pyridine rings is 1. The van der Waals surface area contributed by atoms with Gasteiger partial charge in [-0.2, -0.15) is 14.7 Å². The lowest BCUT2D eigenvalue weighted by molar-refractivity contribution is 0.105. The standard InChI is InChI=1S/C24H24N8/c1-3-30-14-21(15-30)31-13-20(12-26-31)19-10-18-8-17(5-6-22(18)25-11-19)9-24-28-27-23-7-4-16(2)29-32(23)24/h4-8,10-13,21H,3,9,14-15H2,1-2H3. The van der Waals surface area contributed by atoms with Crippen molar-refractivity contribution in [2.75, 3.05) is 19.6 Å². The van der Waals surface area contributed by atoms with Gasteiger partial charge >= 0.3 is 0 Å². The average Bonchev–Trinajstić information content (AvgIpc) is 3.40. The lowest BCUT2D eigenvalue weighted by Crippen LogP contribution is -2.47. The zero-order valence-electron chi connectivity index (χ0n) is 18.2. The highest BCUT2D eigenvalue weighted by molar-refractivity contribution is 5.84. The van der Waals surface area contributed by atoms with E-state index in [1.54, 1.807) is 0 Å². The fraction of sp³-hybridized carbons (Fsp3) is 0.292. The quantitative estimate of drug-likeness (QED) is 0.431. The summed E-state index contributed by atoms with van der Waals surface area (Å²) >= 11 is 0. The van der Waals surface area contributed by atoms with Gasteiger partial charge in [-0.1, -0.05) is 13.0 Å². The van der Waals surface area contributed by atoms with Crippen LogP contribution in [-0.4, -0.2) is 59.1 Å². The van der Waals surface area contributed by atoms with Crippen molar-refractivity contribution in [1.29, 1.82) is 0 Å². The molecule has 0 amide bonds. The van der Waals surface area contributed by atoms with Crippen molar-refractivity contribution < 1.29 is 0 Å². The molecule has 1 aliphatic heterocycles. The Morgan fingerprint density at radius 3 is 2.78 bits per heavy atom. The highest BCUT2D eigenvalue weighted by Gasteiger charge is 2.27. The van der Waals surface area contributed by atoms with E-state index in [4.69, 9.17) is 0 Å². The van der Waals surface area contributed by atoms with Crippen molar-refractivity contribution in [3.8, 4) is 11.1 Å². The first-order valence-electron chi connectivity index (χ1n) is 11.0. The zero-order chi connectivity index (χ0) is 21.7. The van der Waals surface area contributed by atoms with Crippen LogP contribution in [0.25, 0.3) is 27.7 Å². The molecule has 0 radical (unpaired) electrons.